The summed E-state index contributed by atoms with van der Waals surface area (Å²) in [5.41, 5.74) is 0. The van der Waals surface area contributed by atoms with Gasteiger partial charge in [-0.15, -0.1) is 6.42 Å². The molecule has 0 spiro atoms. The van der Waals surface area contributed by atoms with Gasteiger partial charge in [0.1, 0.15) is 12.9 Å². The lowest BCUT2D eigenvalue weighted by Crippen LogP contribution is -1.64. The minimum absolute atomic E-state index is 1.42. The van der Waals surface area contributed by atoms with Gasteiger partial charge in [-0.2, -0.15) is 0 Å². The maximum Gasteiger partial charge on any atom is 0.142 e. The van der Waals surface area contributed by atoms with E-state index in [9.17, 15) is 0 Å². The second kappa shape index (κ2) is 4.75. The molecule has 0 aromatic rings. The van der Waals surface area contributed by atoms with E-state index in [0.717, 1.165) is 0 Å². The van der Waals surface area contributed by atoms with E-state index in [0.29, 0.717) is 0 Å². The van der Waals surface area contributed by atoms with Gasteiger partial charge < -0.3 is 0 Å². The van der Waals surface area contributed by atoms with Crippen molar-refractivity contribution < 1.29 is 0 Å². The molecule has 34 valence electrons. The molecule has 0 heterocycles. The Balaban J connectivity index is 3.54. The van der Waals surface area contributed by atoms with Gasteiger partial charge in [0.2, 0.25) is 0 Å². The van der Waals surface area contributed by atoms with Crippen molar-refractivity contribution in [3.05, 3.63) is 12.2 Å². The van der Waals surface area contributed by atoms with Crippen LogP contribution in [-0.4, -0.2) is 12.9 Å². The molecule has 1 heteroatoms. The number of rotatable bonds is 1. The summed E-state index contributed by atoms with van der Waals surface area (Å²) in [6.45, 7) is 4.72. The normalized spacial score (nSPS) is 7.29. The summed E-state index contributed by atoms with van der Waals surface area (Å²) in [5, 5.41) is 0. The fourth-order valence-corrected chi connectivity index (χ4v) is 0.148. The SMILES string of the molecule is C#C/C=C/C=[N+]=[CH-]. The molecule has 0 aliphatic heterocycles. The summed E-state index contributed by atoms with van der Waals surface area (Å²) in [7, 11) is 0. The molecule has 0 radical (unpaired) electrons. The third kappa shape index (κ3) is 4.75. The molecule has 0 saturated carbocycles. The zero-order valence-corrected chi connectivity index (χ0v) is 3.83. The van der Waals surface area contributed by atoms with E-state index < -0.39 is 0 Å². The number of allylic oxidation sites excluding steroid dienone is 2. The highest BCUT2D eigenvalue weighted by Crippen LogP contribution is 1.56. The molecule has 0 N–H and O–H groups in total. The van der Waals surface area contributed by atoms with Gasteiger partial charge in [0, 0.05) is 0 Å². The molecule has 7 heavy (non-hydrogen) atoms. The molecule has 0 aromatic carbocycles. The van der Waals surface area contributed by atoms with Crippen LogP contribution in [0.4, 0.5) is 0 Å². The van der Waals surface area contributed by atoms with Crippen LogP contribution in [0.25, 0.3) is 0 Å². The lowest BCUT2D eigenvalue weighted by molar-refractivity contribution is 1.78. The largest absolute Gasteiger partial charge is 0.294 e. The van der Waals surface area contributed by atoms with E-state index in [-0.39, 0.29) is 0 Å². The van der Waals surface area contributed by atoms with Gasteiger partial charge in [0.05, 0.1) is 0 Å². The molecule has 0 amide bonds. The molecule has 0 saturated heterocycles. The Morgan fingerprint density at radius 1 is 1.71 bits per heavy atom. The first-order valence-corrected chi connectivity index (χ1v) is 1.76. The van der Waals surface area contributed by atoms with Crippen molar-refractivity contribution in [1.82, 2.24) is 4.67 Å². The van der Waals surface area contributed by atoms with E-state index in [1.165, 1.54) is 12.3 Å². The van der Waals surface area contributed by atoms with Crippen molar-refractivity contribution in [2.24, 2.45) is 0 Å². The third-order valence-corrected chi connectivity index (χ3v) is 0.365. The van der Waals surface area contributed by atoms with Crippen LogP contribution in [0.15, 0.2) is 12.2 Å². The summed E-state index contributed by atoms with van der Waals surface area (Å²) in [6, 6.07) is 0. The number of terminal acetylenes is 1. The van der Waals surface area contributed by atoms with Gasteiger partial charge >= 0.3 is 0 Å². The second-order valence-electron chi connectivity index (χ2n) is 0.824. The van der Waals surface area contributed by atoms with Crippen molar-refractivity contribution in [1.29, 1.82) is 0 Å². The lowest BCUT2D eigenvalue weighted by atomic mass is 10.5. The zero-order valence-electron chi connectivity index (χ0n) is 3.83. The Hall–Kier alpha value is -1.25. The second-order valence-corrected chi connectivity index (χ2v) is 0.824. The zero-order chi connectivity index (χ0) is 5.54. The predicted octanol–water partition coefficient (Wildman–Crippen LogP) is -0.109. The van der Waals surface area contributed by atoms with Crippen LogP contribution >= 0.6 is 0 Å². The summed E-state index contributed by atoms with van der Waals surface area (Å²) < 4.78 is 3.17. The van der Waals surface area contributed by atoms with Crippen molar-refractivity contribution in [3.63, 3.8) is 0 Å². The Labute approximate surface area is 43.1 Å². The van der Waals surface area contributed by atoms with Crippen LogP contribution in [0.5, 0.6) is 0 Å². The van der Waals surface area contributed by atoms with Crippen LogP contribution in [0, 0.1) is 12.3 Å². The van der Waals surface area contributed by atoms with Gasteiger partial charge in [0.15, 0.2) is 0 Å². The highest BCUT2D eigenvalue weighted by atomic mass is 14.5. The molecule has 0 unspecified atom stereocenters. The minimum Gasteiger partial charge on any atom is -0.294 e. The Kier molecular flexibility index (Phi) is 3.90. The third-order valence-electron chi connectivity index (χ3n) is 0.365. The fraction of sp³-hybridized carbons (Fsp3) is 0. The maximum absolute atomic E-state index is 4.83. The average Bonchev–Trinajstić information content (AvgIpc) is 1.69. The van der Waals surface area contributed by atoms with E-state index in [2.05, 4.69) is 10.6 Å². The van der Waals surface area contributed by atoms with Gasteiger partial charge in [-0.3, -0.25) is 4.67 Å². The Morgan fingerprint density at radius 3 is 2.86 bits per heavy atom. The van der Waals surface area contributed by atoms with Gasteiger partial charge in [-0.25, -0.2) is 0 Å². The smallest absolute Gasteiger partial charge is 0.142 e. The topological polar surface area (TPSA) is 14.1 Å². The molecule has 0 aromatic heterocycles. The first-order valence-electron chi connectivity index (χ1n) is 1.76. The summed E-state index contributed by atoms with van der Waals surface area (Å²) in [4.78, 5) is 0. The molecule has 0 aliphatic rings. The fourth-order valence-electron chi connectivity index (χ4n) is 0.148. The molecular formula is C6H5N. The standard InChI is InChI=1S/C6H5N/c1-3-4-5-6-7-2/h1-2,4-6H/b5-4+. The summed E-state index contributed by atoms with van der Waals surface area (Å²) >= 11 is 0. The minimum atomic E-state index is 1.42. The first kappa shape index (κ1) is 5.75. The average molecular weight is 91.1 g/mol. The summed E-state index contributed by atoms with van der Waals surface area (Å²) in [6.07, 6.45) is 9.34. The number of hydrogen-bond donors (Lipinski definition) is 0. The van der Waals surface area contributed by atoms with Crippen LogP contribution in [0.2, 0.25) is 0 Å². The molecule has 0 bridgehead atoms. The Bertz CT molecular complexity index is 142. The Morgan fingerprint density at radius 2 is 2.43 bits per heavy atom. The monoisotopic (exact) mass is 91.0 g/mol. The van der Waals surface area contributed by atoms with E-state index in [1.807, 2.05) is 0 Å². The van der Waals surface area contributed by atoms with Crippen LogP contribution in [0.3, 0.4) is 0 Å². The van der Waals surface area contributed by atoms with Crippen molar-refractivity contribution >= 4 is 12.9 Å². The van der Waals surface area contributed by atoms with Crippen molar-refractivity contribution in [3.8, 4) is 12.3 Å². The van der Waals surface area contributed by atoms with Crippen LogP contribution in [0.1, 0.15) is 0 Å². The molecule has 0 atom stereocenters. The quantitative estimate of drug-likeness (QED) is 0.185. The maximum atomic E-state index is 4.83. The molecule has 0 fully saturated rings. The molecule has 0 aliphatic carbocycles. The first-order chi connectivity index (χ1) is 3.41. The van der Waals surface area contributed by atoms with Gasteiger partial charge in [0.25, 0.3) is 0 Å². The van der Waals surface area contributed by atoms with Crippen molar-refractivity contribution in [2.75, 3.05) is 0 Å². The number of hydrogen-bond acceptors (Lipinski definition) is 0. The summed E-state index contributed by atoms with van der Waals surface area (Å²) in [5.74, 6) is 2.28. The van der Waals surface area contributed by atoms with Crippen LogP contribution in [-0.2, 0) is 0 Å². The molecule has 0 rings (SSSR count). The lowest BCUT2D eigenvalue weighted by Gasteiger charge is -1.56. The highest BCUT2D eigenvalue weighted by Gasteiger charge is 1.52. The van der Waals surface area contributed by atoms with Gasteiger partial charge in [-0.1, -0.05) is 12.0 Å². The molecule has 1 nitrogen and oxygen atoms in total. The van der Waals surface area contributed by atoms with Crippen LogP contribution < -0.4 is 4.67 Å². The van der Waals surface area contributed by atoms with E-state index in [4.69, 9.17) is 13.1 Å². The predicted molar refractivity (Wildman–Crippen MR) is 32.2 cm³/mol. The molecular weight excluding hydrogens is 86.1 g/mol. The van der Waals surface area contributed by atoms with Gasteiger partial charge in [-0.05, 0) is 6.08 Å². The van der Waals surface area contributed by atoms with Crippen molar-refractivity contribution in [2.45, 2.75) is 0 Å². The number of nitrogens with zero attached hydrogens (tertiary/aromatic N) is 1. The van der Waals surface area contributed by atoms with E-state index in [1.54, 1.807) is 6.08 Å². The highest BCUT2D eigenvalue weighted by molar-refractivity contribution is 5.71. The van der Waals surface area contributed by atoms with E-state index >= 15 is 0 Å².